The van der Waals surface area contributed by atoms with Crippen molar-refractivity contribution in [3.63, 3.8) is 0 Å². The second kappa shape index (κ2) is 8.20. The first-order chi connectivity index (χ1) is 15.5. The van der Waals surface area contributed by atoms with Gasteiger partial charge in [0, 0.05) is 49.4 Å². The molecule has 32 heavy (non-hydrogen) atoms. The first kappa shape index (κ1) is 20.4. The number of fused-ring (bicyclic) bond motifs is 1. The van der Waals surface area contributed by atoms with Crippen LogP contribution in [0.4, 0.5) is 23.4 Å². The lowest BCUT2D eigenvalue weighted by Crippen LogP contribution is -2.43. The molecule has 1 N–H and O–H groups in total. The first-order valence-corrected chi connectivity index (χ1v) is 10.2. The van der Waals surface area contributed by atoms with Gasteiger partial charge >= 0.3 is 0 Å². The molecule has 2 aromatic carbocycles. The molecule has 2 aromatic heterocycles. The van der Waals surface area contributed by atoms with E-state index in [0.29, 0.717) is 29.9 Å². The van der Waals surface area contributed by atoms with Crippen molar-refractivity contribution in [3.8, 4) is 22.4 Å². The maximum atomic E-state index is 14.8. The third kappa shape index (κ3) is 3.56. The summed E-state index contributed by atoms with van der Waals surface area (Å²) in [5.74, 6) is -2.44. The summed E-state index contributed by atoms with van der Waals surface area (Å²) in [6.07, 6.45) is 1.40. The fourth-order valence-electron chi connectivity index (χ4n) is 4.03. The van der Waals surface area contributed by atoms with Crippen LogP contribution in [0.1, 0.15) is 0 Å². The molecule has 0 aliphatic carbocycles. The van der Waals surface area contributed by atoms with Crippen LogP contribution in [0.15, 0.2) is 54.7 Å². The summed E-state index contributed by atoms with van der Waals surface area (Å²) >= 11 is 0. The highest BCUT2D eigenvalue weighted by molar-refractivity contribution is 6.02. The number of hydrogen-bond donors (Lipinski definition) is 1. The van der Waals surface area contributed by atoms with Crippen LogP contribution in [0.5, 0.6) is 0 Å². The maximum absolute atomic E-state index is 14.8. The van der Waals surface area contributed by atoms with E-state index in [0.717, 1.165) is 31.3 Å². The lowest BCUT2D eigenvalue weighted by molar-refractivity contribution is 0.584. The minimum Gasteiger partial charge on any atom is -0.354 e. The Labute approximate surface area is 181 Å². The van der Waals surface area contributed by atoms with Gasteiger partial charge in [0.25, 0.3) is 0 Å². The minimum absolute atomic E-state index is 0.0267. The predicted molar refractivity (Wildman–Crippen MR) is 115 cm³/mol. The molecular formula is C24H18F4N4. The van der Waals surface area contributed by atoms with Crippen molar-refractivity contribution in [1.29, 1.82) is 0 Å². The van der Waals surface area contributed by atoms with Crippen LogP contribution in [-0.2, 0) is 0 Å². The number of piperazine rings is 1. The molecule has 0 atom stereocenters. The normalized spacial score (nSPS) is 14.2. The molecule has 0 spiro atoms. The Kier molecular flexibility index (Phi) is 5.22. The minimum atomic E-state index is -0.770. The number of aromatic nitrogens is 2. The van der Waals surface area contributed by atoms with Crippen LogP contribution in [-0.4, -0.2) is 36.1 Å². The van der Waals surface area contributed by atoms with Crippen LogP contribution in [0.2, 0.25) is 0 Å². The Bertz CT molecular complexity index is 1300. The Hall–Kier alpha value is -3.52. The molecule has 0 saturated carbocycles. The average molecular weight is 438 g/mol. The molecular weight excluding hydrogens is 420 g/mol. The summed E-state index contributed by atoms with van der Waals surface area (Å²) in [6, 6.07) is 10.3. The molecule has 4 nitrogen and oxygen atoms in total. The van der Waals surface area contributed by atoms with Crippen LogP contribution in [0.25, 0.3) is 33.3 Å². The molecule has 3 heterocycles. The lowest BCUT2D eigenvalue weighted by atomic mass is 9.98. The van der Waals surface area contributed by atoms with Gasteiger partial charge in [-0.2, -0.15) is 0 Å². The molecule has 0 bridgehead atoms. The Balaban J connectivity index is 1.83. The molecule has 0 unspecified atom stereocenters. The van der Waals surface area contributed by atoms with E-state index in [1.54, 1.807) is 12.1 Å². The number of nitrogens with zero attached hydrogens (tertiary/aromatic N) is 3. The van der Waals surface area contributed by atoms with Crippen molar-refractivity contribution in [2.75, 3.05) is 31.1 Å². The Morgan fingerprint density at radius 2 is 1.56 bits per heavy atom. The van der Waals surface area contributed by atoms with Gasteiger partial charge in [-0.1, -0.05) is 6.07 Å². The first-order valence-electron chi connectivity index (χ1n) is 10.2. The summed E-state index contributed by atoms with van der Waals surface area (Å²) in [6.45, 7) is 2.80. The molecule has 162 valence electrons. The van der Waals surface area contributed by atoms with Crippen molar-refractivity contribution < 1.29 is 17.6 Å². The number of benzene rings is 2. The quantitative estimate of drug-likeness (QED) is 0.461. The average Bonchev–Trinajstić information content (AvgIpc) is 2.79. The topological polar surface area (TPSA) is 41.0 Å². The number of pyridine rings is 2. The van der Waals surface area contributed by atoms with E-state index in [1.165, 1.54) is 24.4 Å². The molecule has 1 aliphatic rings. The van der Waals surface area contributed by atoms with E-state index in [2.05, 4.69) is 10.3 Å². The molecule has 8 heteroatoms. The van der Waals surface area contributed by atoms with Gasteiger partial charge in [-0.05, 0) is 42.0 Å². The second-order valence-corrected chi connectivity index (χ2v) is 7.54. The van der Waals surface area contributed by atoms with Crippen molar-refractivity contribution in [3.05, 3.63) is 78.0 Å². The van der Waals surface area contributed by atoms with Gasteiger partial charge in [0.2, 0.25) is 0 Å². The summed E-state index contributed by atoms with van der Waals surface area (Å²) in [5.41, 5.74) is 0.585. The van der Waals surface area contributed by atoms with E-state index >= 15 is 0 Å². The van der Waals surface area contributed by atoms with E-state index in [9.17, 15) is 17.6 Å². The summed E-state index contributed by atoms with van der Waals surface area (Å²) in [5, 5.41) is 3.71. The van der Waals surface area contributed by atoms with Crippen molar-refractivity contribution in [2.24, 2.45) is 0 Å². The van der Waals surface area contributed by atoms with Crippen LogP contribution >= 0.6 is 0 Å². The number of rotatable bonds is 3. The molecule has 0 amide bonds. The van der Waals surface area contributed by atoms with E-state index < -0.39 is 23.3 Å². The Morgan fingerprint density at radius 3 is 2.28 bits per heavy atom. The zero-order valence-electron chi connectivity index (χ0n) is 16.9. The van der Waals surface area contributed by atoms with Crippen molar-refractivity contribution >= 4 is 16.7 Å². The highest BCUT2D eigenvalue weighted by Crippen LogP contribution is 2.37. The zero-order valence-corrected chi connectivity index (χ0v) is 16.9. The summed E-state index contributed by atoms with van der Waals surface area (Å²) < 4.78 is 57.6. The fraction of sp³-hybridized carbons (Fsp3) is 0.167. The van der Waals surface area contributed by atoms with E-state index in [4.69, 9.17) is 4.98 Å². The van der Waals surface area contributed by atoms with E-state index in [-0.39, 0.29) is 22.3 Å². The Morgan fingerprint density at radius 1 is 0.812 bits per heavy atom. The molecule has 1 saturated heterocycles. The van der Waals surface area contributed by atoms with E-state index in [1.807, 2.05) is 4.90 Å². The molecule has 1 aliphatic heterocycles. The maximum Gasteiger partial charge on any atom is 0.135 e. The van der Waals surface area contributed by atoms with Gasteiger partial charge < -0.3 is 10.2 Å². The lowest BCUT2D eigenvalue weighted by Gasteiger charge is -2.29. The molecule has 1 fully saturated rings. The molecule has 5 rings (SSSR count). The van der Waals surface area contributed by atoms with Crippen molar-refractivity contribution in [2.45, 2.75) is 0 Å². The largest absolute Gasteiger partial charge is 0.354 e. The van der Waals surface area contributed by atoms with Crippen LogP contribution < -0.4 is 10.2 Å². The fourth-order valence-corrected chi connectivity index (χ4v) is 4.03. The zero-order chi connectivity index (χ0) is 22.2. The van der Waals surface area contributed by atoms with Crippen molar-refractivity contribution in [1.82, 2.24) is 15.3 Å². The third-order valence-electron chi connectivity index (χ3n) is 5.58. The second-order valence-electron chi connectivity index (χ2n) is 7.54. The SMILES string of the molecule is Fc1ccc(-c2cc(N3CCNCC3)nc3c(-c4c(F)cccc4F)nccc23)c(F)c1. The predicted octanol–water partition coefficient (Wildman–Crippen LogP) is 4.93. The highest BCUT2D eigenvalue weighted by atomic mass is 19.1. The number of hydrogen-bond acceptors (Lipinski definition) is 4. The van der Waals surface area contributed by atoms with Gasteiger partial charge in [-0.3, -0.25) is 4.98 Å². The van der Waals surface area contributed by atoms with Gasteiger partial charge in [-0.15, -0.1) is 0 Å². The molecule has 4 aromatic rings. The van der Waals surface area contributed by atoms with Gasteiger partial charge in [-0.25, -0.2) is 22.5 Å². The number of nitrogens with one attached hydrogen (secondary N) is 1. The van der Waals surface area contributed by atoms with Crippen LogP contribution in [0.3, 0.4) is 0 Å². The molecule has 0 radical (unpaired) electrons. The number of halogens is 4. The van der Waals surface area contributed by atoms with Gasteiger partial charge in [0.05, 0.1) is 11.1 Å². The third-order valence-corrected chi connectivity index (χ3v) is 5.58. The standard InChI is InChI=1S/C24H18F4N4/c25-14-4-5-15(20(28)12-14)17-13-21(32-10-8-29-9-11-32)31-23-16(17)6-7-30-24(23)22-18(26)2-1-3-19(22)27/h1-7,12-13,29H,8-11H2. The smallest absolute Gasteiger partial charge is 0.135 e. The summed E-state index contributed by atoms with van der Waals surface area (Å²) in [7, 11) is 0. The highest BCUT2D eigenvalue weighted by Gasteiger charge is 2.22. The van der Waals surface area contributed by atoms with Gasteiger partial charge in [0.1, 0.15) is 34.8 Å². The van der Waals surface area contributed by atoms with Gasteiger partial charge in [0.15, 0.2) is 0 Å². The monoisotopic (exact) mass is 438 g/mol. The van der Waals surface area contributed by atoms with Crippen LogP contribution in [0, 0.1) is 23.3 Å². The summed E-state index contributed by atoms with van der Waals surface area (Å²) in [4.78, 5) is 10.9. The number of anilines is 1.